The molecule has 4 rings (SSSR count). The van der Waals surface area contributed by atoms with Gasteiger partial charge in [-0.1, -0.05) is 30.4 Å². The highest BCUT2D eigenvalue weighted by Gasteiger charge is 2.74. The van der Waals surface area contributed by atoms with Crippen molar-refractivity contribution in [1.29, 1.82) is 0 Å². The number of rotatable bonds is 13. The van der Waals surface area contributed by atoms with Gasteiger partial charge >= 0.3 is 0 Å². The van der Waals surface area contributed by atoms with Crippen LogP contribution in [0.2, 0.25) is 0 Å². The Labute approximate surface area is 230 Å². The summed E-state index contributed by atoms with van der Waals surface area (Å²) in [6.45, 7) is 13.0. The summed E-state index contributed by atoms with van der Waals surface area (Å²) >= 11 is 1.70. The van der Waals surface area contributed by atoms with E-state index in [-0.39, 0.29) is 35.6 Å². The second kappa shape index (κ2) is 12.1. The third-order valence-electron chi connectivity index (χ3n) is 8.25. The third-order valence-corrected chi connectivity index (χ3v) is 10.2. The van der Waals surface area contributed by atoms with E-state index in [0.29, 0.717) is 32.5 Å². The van der Waals surface area contributed by atoms with Crippen molar-refractivity contribution < 1.29 is 19.5 Å². The second-order valence-electron chi connectivity index (χ2n) is 10.8. The van der Waals surface area contributed by atoms with Gasteiger partial charge in [0.05, 0.1) is 16.6 Å². The van der Waals surface area contributed by atoms with Crippen molar-refractivity contribution in [3.05, 3.63) is 55.6 Å². The van der Waals surface area contributed by atoms with E-state index in [1.54, 1.807) is 38.6 Å². The molecule has 1 aromatic rings. The number of amides is 3. The minimum Gasteiger partial charge on any atom is -0.396 e. The Morgan fingerprint density at radius 2 is 1.84 bits per heavy atom. The molecule has 3 aliphatic heterocycles. The van der Waals surface area contributed by atoms with Gasteiger partial charge < -0.3 is 19.8 Å². The first-order chi connectivity index (χ1) is 18.3. The van der Waals surface area contributed by atoms with E-state index in [2.05, 4.69) is 13.2 Å². The first-order valence-corrected chi connectivity index (χ1v) is 14.7. The standard InChI is InChI=1S/C30H41N3O4S/c1-5-17-31(21(3)4)29(37)26-30-16-15-23(38-30)24(25(30)28(36)33(26)19-11-8-12-20-34)27(35)32(18-6-2)22-13-9-7-10-14-22/h5-7,9-10,13-14,21,23-26,34H,1-2,8,11-12,15-20H2,3-4H3/t23-,24+,25+,26?,30?/m1/s1. The maximum Gasteiger partial charge on any atom is 0.247 e. The largest absolute Gasteiger partial charge is 0.396 e. The van der Waals surface area contributed by atoms with Gasteiger partial charge in [-0.05, 0) is 58.1 Å². The summed E-state index contributed by atoms with van der Waals surface area (Å²) < 4.78 is -0.610. The lowest BCUT2D eigenvalue weighted by molar-refractivity contribution is -0.143. The molecule has 0 radical (unpaired) electrons. The Balaban J connectivity index is 1.72. The highest BCUT2D eigenvalue weighted by molar-refractivity contribution is 8.02. The number of hydrogen-bond donors (Lipinski definition) is 1. The van der Waals surface area contributed by atoms with E-state index in [0.717, 1.165) is 24.9 Å². The normalized spacial score (nSPS) is 27.5. The van der Waals surface area contributed by atoms with Gasteiger partial charge in [0.15, 0.2) is 0 Å². The summed E-state index contributed by atoms with van der Waals surface area (Å²) in [6, 6.07) is 8.89. The van der Waals surface area contributed by atoms with Crippen LogP contribution in [0.1, 0.15) is 46.0 Å². The number of nitrogens with zero attached hydrogens (tertiary/aromatic N) is 3. The number of unbranched alkanes of at least 4 members (excludes halogenated alkanes) is 2. The maximum absolute atomic E-state index is 14.2. The van der Waals surface area contributed by atoms with E-state index in [1.807, 2.05) is 44.2 Å². The molecule has 3 aliphatic rings. The average Bonchev–Trinajstić information content (AvgIpc) is 3.55. The van der Waals surface area contributed by atoms with E-state index in [9.17, 15) is 19.5 Å². The van der Waals surface area contributed by atoms with Crippen molar-refractivity contribution in [3.8, 4) is 0 Å². The molecule has 8 heteroatoms. The lowest BCUT2D eigenvalue weighted by Crippen LogP contribution is -2.56. The van der Waals surface area contributed by atoms with E-state index >= 15 is 0 Å². The molecule has 3 amide bonds. The van der Waals surface area contributed by atoms with Gasteiger partial charge in [-0.2, -0.15) is 0 Å². The fourth-order valence-corrected chi connectivity index (χ4v) is 8.82. The molecule has 206 valence electrons. The third kappa shape index (κ3) is 4.93. The Bertz CT molecular complexity index is 1050. The molecule has 3 fully saturated rings. The lowest BCUT2D eigenvalue weighted by atomic mass is 9.70. The summed E-state index contributed by atoms with van der Waals surface area (Å²) in [7, 11) is 0. The number of likely N-dealkylation sites (tertiary alicyclic amines) is 1. The number of fused-ring (bicyclic) bond motifs is 1. The summed E-state index contributed by atoms with van der Waals surface area (Å²) in [5.74, 6) is -1.20. The molecule has 1 aromatic carbocycles. The molecule has 7 nitrogen and oxygen atoms in total. The molecule has 1 N–H and O–H groups in total. The van der Waals surface area contributed by atoms with Crippen LogP contribution in [0.25, 0.3) is 0 Å². The Kier molecular flexibility index (Phi) is 9.04. The van der Waals surface area contributed by atoms with Crippen LogP contribution in [0.5, 0.6) is 0 Å². The molecule has 1 spiro atoms. The van der Waals surface area contributed by atoms with Crippen LogP contribution >= 0.6 is 11.8 Å². The number of aliphatic hydroxyl groups excluding tert-OH is 1. The number of thioether (sulfide) groups is 1. The van der Waals surface area contributed by atoms with Crippen molar-refractivity contribution in [2.75, 3.05) is 31.1 Å². The molecule has 3 saturated heterocycles. The number of para-hydroxylation sites is 1. The number of anilines is 1. The van der Waals surface area contributed by atoms with Gasteiger partial charge in [0.2, 0.25) is 17.7 Å². The van der Waals surface area contributed by atoms with Crippen LogP contribution in [-0.4, -0.2) is 80.9 Å². The lowest BCUT2D eigenvalue weighted by Gasteiger charge is -2.38. The topological polar surface area (TPSA) is 81.2 Å². The molecular formula is C30H41N3O4S. The molecule has 0 aromatic heterocycles. The van der Waals surface area contributed by atoms with Crippen LogP contribution in [-0.2, 0) is 14.4 Å². The second-order valence-corrected chi connectivity index (χ2v) is 12.4. The zero-order chi connectivity index (χ0) is 27.4. The minimum atomic E-state index is -0.610. The zero-order valence-corrected chi connectivity index (χ0v) is 23.4. The van der Waals surface area contributed by atoms with E-state index in [1.165, 1.54) is 0 Å². The highest BCUT2D eigenvalue weighted by atomic mass is 32.2. The van der Waals surface area contributed by atoms with Crippen LogP contribution in [0.3, 0.4) is 0 Å². The molecule has 2 bridgehead atoms. The maximum atomic E-state index is 14.2. The van der Waals surface area contributed by atoms with E-state index < -0.39 is 22.6 Å². The van der Waals surface area contributed by atoms with Gasteiger partial charge in [-0.25, -0.2) is 0 Å². The number of carbonyl (C=O) groups excluding carboxylic acids is 3. The van der Waals surface area contributed by atoms with Crippen molar-refractivity contribution in [1.82, 2.24) is 9.80 Å². The fourth-order valence-electron chi connectivity index (χ4n) is 6.62. The number of hydrogen-bond acceptors (Lipinski definition) is 5. The Morgan fingerprint density at radius 3 is 2.47 bits per heavy atom. The minimum absolute atomic E-state index is 0.00576. The van der Waals surface area contributed by atoms with E-state index in [4.69, 9.17) is 0 Å². The molecule has 0 aliphatic carbocycles. The van der Waals surface area contributed by atoms with Gasteiger partial charge in [0.1, 0.15) is 6.04 Å². The zero-order valence-electron chi connectivity index (χ0n) is 22.6. The van der Waals surface area contributed by atoms with Crippen molar-refractivity contribution >= 4 is 35.2 Å². The molecule has 2 unspecified atom stereocenters. The van der Waals surface area contributed by atoms with Crippen LogP contribution < -0.4 is 4.90 Å². The Morgan fingerprint density at radius 1 is 1.13 bits per heavy atom. The van der Waals surface area contributed by atoms with Gasteiger partial charge in [0.25, 0.3) is 0 Å². The Hall–Kier alpha value is -2.58. The predicted octanol–water partition coefficient (Wildman–Crippen LogP) is 3.88. The van der Waals surface area contributed by atoms with Crippen molar-refractivity contribution in [3.63, 3.8) is 0 Å². The number of benzene rings is 1. The van der Waals surface area contributed by atoms with Crippen LogP contribution in [0.15, 0.2) is 55.6 Å². The molecule has 0 saturated carbocycles. The first kappa shape index (κ1) is 28.4. The fraction of sp³-hybridized carbons (Fsp3) is 0.567. The van der Waals surface area contributed by atoms with Crippen molar-refractivity contribution in [2.45, 2.75) is 68.0 Å². The smallest absolute Gasteiger partial charge is 0.247 e. The SMILES string of the molecule is C=CCN(C(=O)[C@@H]1[C@H]2C(=O)N(CCCCCO)C(C(=O)N(CC=C)C(C)C)C23CC[C@H]1S3)c1ccccc1. The number of aliphatic hydroxyl groups is 1. The summed E-state index contributed by atoms with van der Waals surface area (Å²) in [5.41, 5.74) is 0.787. The molecule has 38 heavy (non-hydrogen) atoms. The first-order valence-electron chi connectivity index (χ1n) is 13.8. The van der Waals surface area contributed by atoms with Crippen LogP contribution in [0.4, 0.5) is 5.69 Å². The van der Waals surface area contributed by atoms with Gasteiger partial charge in [0, 0.05) is 43.2 Å². The molecular weight excluding hydrogens is 498 g/mol. The molecule has 3 heterocycles. The quantitative estimate of drug-likeness (QED) is 0.304. The van der Waals surface area contributed by atoms with Gasteiger partial charge in [-0.15, -0.1) is 24.9 Å². The summed E-state index contributed by atoms with van der Waals surface area (Å²) in [5, 5.41) is 9.25. The number of carbonyl (C=O) groups is 3. The van der Waals surface area contributed by atoms with Crippen molar-refractivity contribution in [2.24, 2.45) is 11.8 Å². The van der Waals surface area contributed by atoms with Crippen LogP contribution in [0, 0.1) is 11.8 Å². The predicted molar refractivity (Wildman–Crippen MR) is 153 cm³/mol. The highest BCUT2D eigenvalue weighted by Crippen LogP contribution is 2.66. The summed E-state index contributed by atoms with van der Waals surface area (Å²) in [6.07, 6.45) is 7.15. The molecule has 5 atom stereocenters. The van der Waals surface area contributed by atoms with Gasteiger partial charge in [-0.3, -0.25) is 14.4 Å². The monoisotopic (exact) mass is 539 g/mol. The average molecular weight is 540 g/mol. The summed E-state index contributed by atoms with van der Waals surface area (Å²) in [4.78, 5) is 47.9.